The first-order valence-electron chi connectivity index (χ1n) is 7.81. The number of aryl methyl sites for hydroxylation is 1. The van der Waals surface area contributed by atoms with Crippen molar-refractivity contribution in [2.75, 3.05) is 13.2 Å². The lowest BCUT2D eigenvalue weighted by atomic mass is 9.95. The van der Waals surface area contributed by atoms with Gasteiger partial charge in [0, 0.05) is 17.6 Å². The van der Waals surface area contributed by atoms with Crippen molar-refractivity contribution in [2.24, 2.45) is 0 Å². The molecule has 2 heterocycles. The molecule has 2 atom stereocenters. The summed E-state index contributed by atoms with van der Waals surface area (Å²) in [5.74, 6) is 1.55. The van der Waals surface area contributed by atoms with E-state index in [1.165, 1.54) is 6.42 Å². The molecular formula is C17H23NO3. The van der Waals surface area contributed by atoms with Crippen molar-refractivity contribution in [1.82, 2.24) is 4.90 Å². The van der Waals surface area contributed by atoms with Gasteiger partial charge in [0.05, 0.1) is 0 Å². The SMILES string of the molecule is Cc1cc2c(cc1C(=O)N1C(C)CCCC1C)OCCO2. The van der Waals surface area contributed by atoms with Crippen LogP contribution >= 0.6 is 0 Å². The third kappa shape index (κ3) is 2.59. The van der Waals surface area contributed by atoms with Gasteiger partial charge in [-0.2, -0.15) is 0 Å². The smallest absolute Gasteiger partial charge is 0.254 e. The monoisotopic (exact) mass is 289 g/mol. The fraction of sp³-hybridized carbons (Fsp3) is 0.588. The van der Waals surface area contributed by atoms with Crippen LogP contribution in [0.15, 0.2) is 12.1 Å². The quantitative estimate of drug-likeness (QED) is 0.797. The average Bonchev–Trinajstić information content (AvgIpc) is 2.46. The maximum Gasteiger partial charge on any atom is 0.254 e. The summed E-state index contributed by atoms with van der Waals surface area (Å²) in [7, 11) is 0. The van der Waals surface area contributed by atoms with Gasteiger partial charge in [-0.1, -0.05) is 0 Å². The van der Waals surface area contributed by atoms with Crippen LogP contribution in [0, 0.1) is 6.92 Å². The van der Waals surface area contributed by atoms with Crippen LogP contribution in [0.25, 0.3) is 0 Å². The third-order valence-corrected chi connectivity index (χ3v) is 4.55. The second-order valence-corrected chi connectivity index (χ2v) is 6.15. The Morgan fingerprint density at radius 3 is 2.29 bits per heavy atom. The first kappa shape index (κ1) is 14.2. The Hall–Kier alpha value is -1.71. The van der Waals surface area contributed by atoms with Crippen LogP contribution < -0.4 is 9.47 Å². The minimum absolute atomic E-state index is 0.115. The summed E-state index contributed by atoms with van der Waals surface area (Å²) in [6, 6.07) is 4.36. The molecule has 4 nitrogen and oxygen atoms in total. The molecule has 1 aromatic rings. The number of hydrogen-bond acceptors (Lipinski definition) is 3. The van der Waals surface area contributed by atoms with E-state index in [0.29, 0.717) is 31.0 Å². The number of piperidine rings is 1. The minimum atomic E-state index is 0.115. The number of hydrogen-bond donors (Lipinski definition) is 0. The van der Waals surface area contributed by atoms with E-state index in [9.17, 15) is 4.79 Å². The highest BCUT2D eigenvalue weighted by molar-refractivity contribution is 5.97. The summed E-state index contributed by atoms with van der Waals surface area (Å²) in [5, 5.41) is 0. The highest BCUT2D eigenvalue weighted by Crippen LogP contribution is 2.34. The number of nitrogens with zero attached hydrogens (tertiary/aromatic N) is 1. The molecule has 2 aliphatic rings. The molecule has 3 rings (SSSR count). The fourth-order valence-corrected chi connectivity index (χ4v) is 3.38. The van der Waals surface area contributed by atoms with Crippen LogP contribution in [0.2, 0.25) is 0 Å². The summed E-state index contributed by atoms with van der Waals surface area (Å²) in [6.07, 6.45) is 3.37. The Bertz CT molecular complexity index is 545. The van der Waals surface area contributed by atoms with E-state index in [1.54, 1.807) is 0 Å². The Morgan fingerprint density at radius 2 is 1.67 bits per heavy atom. The zero-order valence-corrected chi connectivity index (χ0v) is 13.0. The van der Waals surface area contributed by atoms with Gasteiger partial charge in [-0.15, -0.1) is 0 Å². The fourth-order valence-electron chi connectivity index (χ4n) is 3.38. The van der Waals surface area contributed by atoms with Crippen LogP contribution in [0.5, 0.6) is 11.5 Å². The molecule has 114 valence electrons. The number of fused-ring (bicyclic) bond motifs is 1. The van der Waals surface area contributed by atoms with E-state index in [1.807, 2.05) is 24.0 Å². The topological polar surface area (TPSA) is 38.8 Å². The van der Waals surface area contributed by atoms with Crippen LogP contribution in [-0.2, 0) is 0 Å². The molecule has 1 fully saturated rings. The minimum Gasteiger partial charge on any atom is -0.486 e. The maximum absolute atomic E-state index is 13.0. The second kappa shape index (κ2) is 5.58. The normalized spacial score (nSPS) is 24.8. The summed E-state index contributed by atoms with van der Waals surface area (Å²) in [5.41, 5.74) is 1.69. The first-order valence-corrected chi connectivity index (χ1v) is 7.81. The van der Waals surface area contributed by atoms with E-state index in [4.69, 9.17) is 9.47 Å². The number of rotatable bonds is 1. The Balaban J connectivity index is 1.93. The Kier molecular flexibility index (Phi) is 3.79. The van der Waals surface area contributed by atoms with Gasteiger partial charge in [-0.3, -0.25) is 4.79 Å². The predicted octanol–water partition coefficient (Wildman–Crippen LogP) is 3.17. The number of amides is 1. The Labute approximate surface area is 126 Å². The third-order valence-electron chi connectivity index (χ3n) is 4.55. The standard InChI is InChI=1S/C17H23NO3/c1-11-9-15-16(21-8-7-20-15)10-14(11)17(19)18-12(2)5-4-6-13(18)3/h9-10,12-13H,4-8H2,1-3H3. The number of benzene rings is 1. The van der Waals surface area contributed by atoms with Crippen molar-refractivity contribution in [1.29, 1.82) is 0 Å². The number of ether oxygens (including phenoxy) is 2. The van der Waals surface area contributed by atoms with Crippen LogP contribution in [0.1, 0.15) is 49.0 Å². The van der Waals surface area contributed by atoms with Crippen molar-refractivity contribution in [3.05, 3.63) is 23.3 Å². The lowest BCUT2D eigenvalue weighted by Crippen LogP contribution is -2.47. The molecule has 1 saturated heterocycles. The molecule has 2 aliphatic heterocycles. The van der Waals surface area contributed by atoms with E-state index in [0.717, 1.165) is 29.7 Å². The van der Waals surface area contributed by atoms with Gasteiger partial charge in [0.1, 0.15) is 13.2 Å². The summed E-state index contributed by atoms with van der Waals surface area (Å²) >= 11 is 0. The predicted molar refractivity (Wildman–Crippen MR) is 81.1 cm³/mol. The largest absolute Gasteiger partial charge is 0.486 e. The van der Waals surface area contributed by atoms with Crippen LogP contribution in [0.4, 0.5) is 0 Å². The zero-order chi connectivity index (χ0) is 15.0. The van der Waals surface area contributed by atoms with Gasteiger partial charge in [0.15, 0.2) is 11.5 Å². The number of carbonyl (C=O) groups excluding carboxylic acids is 1. The van der Waals surface area contributed by atoms with Crippen molar-refractivity contribution in [3.8, 4) is 11.5 Å². The molecule has 0 aromatic heterocycles. The zero-order valence-electron chi connectivity index (χ0n) is 13.0. The molecular weight excluding hydrogens is 266 g/mol. The summed E-state index contributed by atoms with van der Waals surface area (Å²) < 4.78 is 11.2. The molecule has 0 radical (unpaired) electrons. The molecule has 0 aliphatic carbocycles. The Morgan fingerprint density at radius 1 is 1.10 bits per heavy atom. The number of carbonyl (C=O) groups is 1. The number of likely N-dealkylation sites (tertiary alicyclic amines) is 1. The van der Waals surface area contributed by atoms with Crippen molar-refractivity contribution >= 4 is 5.91 Å². The van der Waals surface area contributed by atoms with Crippen LogP contribution in [-0.4, -0.2) is 36.1 Å². The van der Waals surface area contributed by atoms with Gasteiger partial charge < -0.3 is 14.4 Å². The lowest BCUT2D eigenvalue weighted by molar-refractivity contribution is 0.0509. The molecule has 1 aromatic carbocycles. The van der Waals surface area contributed by atoms with Crippen molar-refractivity contribution < 1.29 is 14.3 Å². The first-order chi connectivity index (χ1) is 10.1. The highest BCUT2D eigenvalue weighted by Gasteiger charge is 2.31. The van der Waals surface area contributed by atoms with Gasteiger partial charge in [-0.05, 0) is 57.7 Å². The second-order valence-electron chi connectivity index (χ2n) is 6.15. The average molecular weight is 289 g/mol. The van der Waals surface area contributed by atoms with Crippen LogP contribution in [0.3, 0.4) is 0 Å². The van der Waals surface area contributed by atoms with E-state index in [-0.39, 0.29) is 5.91 Å². The molecule has 4 heteroatoms. The van der Waals surface area contributed by atoms with Gasteiger partial charge in [0.2, 0.25) is 0 Å². The van der Waals surface area contributed by atoms with Crippen molar-refractivity contribution in [3.63, 3.8) is 0 Å². The summed E-state index contributed by atoms with van der Waals surface area (Å²) in [6.45, 7) is 7.35. The molecule has 1 amide bonds. The van der Waals surface area contributed by atoms with E-state index >= 15 is 0 Å². The molecule has 2 unspecified atom stereocenters. The molecule has 21 heavy (non-hydrogen) atoms. The molecule has 0 N–H and O–H groups in total. The summed E-state index contributed by atoms with van der Waals surface area (Å²) in [4.78, 5) is 15.0. The highest BCUT2D eigenvalue weighted by atomic mass is 16.6. The molecule has 0 spiro atoms. The van der Waals surface area contributed by atoms with Gasteiger partial charge >= 0.3 is 0 Å². The molecule has 0 bridgehead atoms. The molecule has 0 saturated carbocycles. The maximum atomic E-state index is 13.0. The van der Waals surface area contributed by atoms with Gasteiger partial charge in [-0.25, -0.2) is 0 Å². The lowest BCUT2D eigenvalue weighted by Gasteiger charge is -2.39. The van der Waals surface area contributed by atoms with Crippen molar-refractivity contribution in [2.45, 2.75) is 52.1 Å². The van der Waals surface area contributed by atoms with E-state index < -0.39 is 0 Å². The van der Waals surface area contributed by atoms with Gasteiger partial charge in [0.25, 0.3) is 5.91 Å². The van der Waals surface area contributed by atoms with E-state index in [2.05, 4.69) is 13.8 Å².